The zero-order valence-corrected chi connectivity index (χ0v) is 22.5. The fourth-order valence-electron chi connectivity index (χ4n) is 4.75. The standard InChI is InChI=1S/C29H33N5O3S/c1-19-13-17-38-28(19)29(35)31-26-20(8-10-24-22-6-3-4-7-23(22)32-33-24)9-11-25(27(26)36-2)37-16-5-14-34-15-12-21(30)18-34/h3-4,6-11,13,17,21H,5,12,14-16,18,30H2,1-2H3,(H,31,35)(H,32,33)/b10-8+/t21-/m1/s1. The molecular weight excluding hydrogens is 498 g/mol. The molecule has 1 saturated heterocycles. The zero-order valence-electron chi connectivity index (χ0n) is 21.7. The van der Waals surface area contributed by atoms with Crippen molar-refractivity contribution in [3.05, 3.63) is 69.5 Å². The lowest BCUT2D eigenvalue weighted by atomic mass is 10.1. The molecule has 0 saturated carbocycles. The lowest BCUT2D eigenvalue weighted by Crippen LogP contribution is -2.28. The van der Waals surface area contributed by atoms with E-state index in [-0.39, 0.29) is 11.9 Å². The van der Waals surface area contributed by atoms with Crippen molar-refractivity contribution < 1.29 is 14.3 Å². The molecule has 3 heterocycles. The first-order valence-corrected chi connectivity index (χ1v) is 13.7. The zero-order chi connectivity index (χ0) is 26.5. The third-order valence-electron chi connectivity index (χ3n) is 6.77. The van der Waals surface area contributed by atoms with Crippen molar-refractivity contribution in [2.75, 3.05) is 38.7 Å². The van der Waals surface area contributed by atoms with Crippen LogP contribution in [0, 0.1) is 6.92 Å². The summed E-state index contributed by atoms with van der Waals surface area (Å²) in [5.41, 5.74) is 10.1. The molecule has 2 aromatic carbocycles. The fourth-order valence-corrected chi connectivity index (χ4v) is 5.58. The maximum absolute atomic E-state index is 13.2. The number of nitrogens with two attached hydrogens (primary N) is 1. The summed E-state index contributed by atoms with van der Waals surface area (Å²) in [5.74, 6) is 0.897. The lowest BCUT2D eigenvalue weighted by Gasteiger charge is -2.19. The molecule has 38 heavy (non-hydrogen) atoms. The van der Waals surface area contributed by atoms with Gasteiger partial charge in [-0.05, 0) is 67.6 Å². The Bertz CT molecular complexity index is 1440. The minimum atomic E-state index is -0.182. The molecule has 0 unspecified atom stereocenters. The summed E-state index contributed by atoms with van der Waals surface area (Å²) in [6, 6.07) is 14.0. The Morgan fingerprint density at radius 3 is 2.89 bits per heavy atom. The number of aryl methyl sites for hydroxylation is 1. The maximum atomic E-state index is 13.2. The molecule has 8 nitrogen and oxygen atoms in total. The smallest absolute Gasteiger partial charge is 0.266 e. The van der Waals surface area contributed by atoms with E-state index in [0.29, 0.717) is 28.7 Å². The van der Waals surface area contributed by atoms with E-state index in [4.69, 9.17) is 15.2 Å². The Morgan fingerprint density at radius 1 is 1.26 bits per heavy atom. The van der Waals surface area contributed by atoms with Crippen molar-refractivity contribution in [2.45, 2.75) is 25.8 Å². The van der Waals surface area contributed by atoms with Crippen LogP contribution in [0.4, 0.5) is 5.69 Å². The largest absolute Gasteiger partial charge is 0.491 e. The third-order valence-corrected chi connectivity index (χ3v) is 7.79. The minimum absolute atomic E-state index is 0.182. The number of aromatic nitrogens is 2. The summed E-state index contributed by atoms with van der Waals surface area (Å²) in [6.07, 6.45) is 5.79. The molecule has 2 aromatic heterocycles. The molecule has 5 rings (SSSR count). The molecule has 0 spiro atoms. The van der Waals surface area contributed by atoms with Crippen LogP contribution in [-0.4, -0.2) is 60.4 Å². The van der Waals surface area contributed by atoms with Crippen LogP contribution >= 0.6 is 11.3 Å². The van der Waals surface area contributed by atoms with Gasteiger partial charge in [-0.1, -0.05) is 24.3 Å². The van der Waals surface area contributed by atoms with Gasteiger partial charge in [0.05, 0.1) is 35.5 Å². The number of nitrogens with zero attached hydrogens (tertiary/aromatic N) is 2. The van der Waals surface area contributed by atoms with E-state index < -0.39 is 0 Å². The number of fused-ring (bicyclic) bond motifs is 1. The number of rotatable bonds is 10. The number of nitrogens with one attached hydrogen (secondary N) is 2. The summed E-state index contributed by atoms with van der Waals surface area (Å²) in [6.45, 7) is 5.38. The van der Waals surface area contributed by atoms with Gasteiger partial charge in [-0.15, -0.1) is 11.3 Å². The van der Waals surface area contributed by atoms with Crippen LogP contribution in [0.2, 0.25) is 0 Å². The van der Waals surface area contributed by atoms with E-state index in [2.05, 4.69) is 20.4 Å². The van der Waals surface area contributed by atoms with Crippen LogP contribution in [0.25, 0.3) is 23.1 Å². The van der Waals surface area contributed by atoms with Gasteiger partial charge in [0.25, 0.3) is 5.91 Å². The predicted octanol–water partition coefficient (Wildman–Crippen LogP) is 5.17. The summed E-state index contributed by atoms with van der Waals surface area (Å²) < 4.78 is 11.9. The van der Waals surface area contributed by atoms with E-state index in [1.165, 1.54) is 11.3 Å². The van der Waals surface area contributed by atoms with Crippen LogP contribution < -0.4 is 20.5 Å². The fraction of sp³-hybridized carbons (Fsp3) is 0.310. The highest BCUT2D eigenvalue weighted by molar-refractivity contribution is 7.12. The topological polar surface area (TPSA) is 106 Å². The Hall–Kier alpha value is -3.66. The second-order valence-corrected chi connectivity index (χ2v) is 10.4. The number of methoxy groups -OCH3 is 1. The number of thiophene rings is 1. The lowest BCUT2D eigenvalue weighted by molar-refractivity contribution is 0.102. The highest BCUT2D eigenvalue weighted by atomic mass is 32.1. The molecule has 9 heteroatoms. The first kappa shape index (κ1) is 26.0. The van der Waals surface area contributed by atoms with Crippen LogP contribution in [0.3, 0.4) is 0 Å². The number of ether oxygens (including phenoxy) is 2. The maximum Gasteiger partial charge on any atom is 0.266 e. The monoisotopic (exact) mass is 531 g/mol. The average molecular weight is 532 g/mol. The number of H-pyrrole nitrogens is 1. The second kappa shape index (κ2) is 11.8. The van der Waals surface area contributed by atoms with Crippen LogP contribution in [0.1, 0.15) is 39.3 Å². The Balaban J connectivity index is 1.40. The Morgan fingerprint density at radius 2 is 2.13 bits per heavy atom. The molecule has 1 fully saturated rings. The van der Waals surface area contributed by atoms with E-state index in [0.717, 1.165) is 60.2 Å². The number of carbonyl (C=O) groups is 1. The van der Waals surface area contributed by atoms with Crippen molar-refractivity contribution in [1.82, 2.24) is 15.1 Å². The molecule has 198 valence electrons. The first-order chi connectivity index (χ1) is 18.5. The van der Waals surface area contributed by atoms with Gasteiger partial charge in [0.15, 0.2) is 11.5 Å². The second-order valence-electron chi connectivity index (χ2n) is 9.49. The molecule has 4 N–H and O–H groups in total. The van der Waals surface area contributed by atoms with Gasteiger partial charge in [0.1, 0.15) is 0 Å². The average Bonchev–Trinajstić information content (AvgIpc) is 3.65. The summed E-state index contributed by atoms with van der Waals surface area (Å²) >= 11 is 1.41. The number of hydrogen-bond donors (Lipinski definition) is 3. The number of anilines is 1. The van der Waals surface area contributed by atoms with Crippen LogP contribution in [0.5, 0.6) is 11.5 Å². The van der Waals surface area contributed by atoms with Gasteiger partial charge in [-0.2, -0.15) is 5.10 Å². The van der Waals surface area contributed by atoms with Gasteiger partial charge < -0.3 is 25.4 Å². The number of carbonyl (C=O) groups excluding carboxylic acids is 1. The SMILES string of the molecule is COc1c(OCCCN2CC[C@@H](N)C2)ccc(/C=C/c2n[nH]c3ccccc23)c1NC(=O)c1sccc1C. The molecule has 1 amide bonds. The normalized spacial score (nSPS) is 15.9. The quantitative estimate of drug-likeness (QED) is 0.244. The number of hydrogen-bond acceptors (Lipinski definition) is 7. The van der Waals surface area contributed by atoms with E-state index in [9.17, 15) is 4.79 Å². The van der Waals surface area contributed by atoms with E-state index in [1.54, 1.807) is 7.11 Å². The predicted molar refractivity (Wildman–Crippen MR) is 154 cm³/mol. The molecule has 0 aliphatic carbocycles. The molecular formula is C29H33N5O3S. The molecule has 0 radical (unpaired) electrons. The summed E-state index contributed by atoms with van der Waals surface area (Å²) in [7, 11) is 1.59. The Kier molecular flexibility index (Phi) is 8.07. The Labute approximate surface area is 226 Å². The number of likely N-dealkylation sites (tertiary alicyclic amines) is 1. The van der Waals surface area contributed by atoms with Gasteiger partial charge in [0.2, 0.25) is 0 Å². The first-order valence-electron chi connectivity index (χ1n) is 12.8. The van der Waals surface area contributed by atoms with Gasteiger partial charge in [0, 0.05) is 30.1 Å². The highest BCUT2D eigenvalue weighted by Gasteiger charge is 2.21. The number of benzene rings is 2. The van der Waals surface area contributed by atoms with E-state index >= 15 is 0 Å². The molecule has 4 aromatic rings. The van der Waals surface area contributed by atoms with Gasteiger partial charge >= 0.3 is 0 Å². The van der Waals surface area contributed by atoms with Crippen molar-refractivity contribution >= 4 is 46.0 Å². The van der Waals surface area contributed by atoms with Crippen molar-refractivity contribution in [1.29, 1.82) is 0 Å². The van der Waals surface area contributed by atoms with Gasteiger partial charge in [-0.3, -0.25) is 9.89 Å². The highest BCUT2D eigenvalue weighted by Crippen LogP contribution is 2.40. The summed E-state index contributed by atoms with van der Waals surface area (Å²) in [4.78, 5) is 16.2. The third kappa shape index (κ3) is 5.75. The minimum Gasteiger partial charge on any atom is -0.491 e. The summed E-state index contributed by atoms with van der Waals surface area (Å²) in [5, 5.41) is 13.5. The number of aromatic amines is 1. The molecule has 1 aliphatic heterocycles. The van der Waals surface area contributed by atoms with Crippen LogP contribution in [-0.2, 0) is 0 Å². The number of amides is 1. The molecule has 0 bridgehead atoms. The molecule has 1 atom stereocenters. The molecule has 1 aliphatic rings. The van der Waals surface area contributed by atoms with Crippen molar-refractivity contribution in [3.63, 3.8) is 0 Å². The number of para-hydroxylation sites is 1. The van der Waals surface area contributed by atoms with Crippen molar-refractivity contribution in [3.8, 4) is 11.5 Å². The van der Waals surface area contributed by atoms with E-state index in [1.807, 2.05) is 66.9 Å². The van der Waals surface area contributed by atoms with Crippen LogP contribution in [0.15, 0.2) is 47.8 Å². The van der Waals surface area contributed by atoms with Gasteiger partial charge in [-0.25, -0.2) is 0 Å². The van der Waals surface area contributed by atoms with Crippen molar-refractivity contribution in [2.24, 2.45) is 5.73 Å².